The molecule has 0 aromatic heterocycles. The van der Waals surface area contributed by atoms with E-state index in [1.807, 2.05) is 12.1 Å². The molecule has 1 heterocycles. The van der Waals surface area contributed by atoms with Gasteiger partial charge in [-0.1, -0.05) is 18.3 Å². The Hall–Kier alpha value is -1.17. The fourth-order valence-electron chi connectivity index (χ4n) is 3.76. The Labute approximate surface area is 130 Å². The normalized spacial score (nSPS) is 28.6. The summed E-state index contributed by atoms with van der Waals surface area (Å²) in [7, 11) is 1.62. The topological polar surface area (TPSA) is 58.7 Å². The molecule has 1 saturated heterocycles. The summed E-state index contributed by atoms with van der Waals surface area (Å²) in [6.07, 6.45) is 2.02. The number of fused-ring (bicyclic) bond motifs is 1. The van der Waals surface area contributed by atoms with E-state index in [0.29, 0.717) is 16.8 Å². The predicted molar refractivity (Wildman–Crippen MR) is 86.4 cm³/mol. The quantitative estimate of drug-likeness (QED) is 0.826. The smallest absolute Gasteiger partial charge is 0.129 e. The van der Waals surface area contributed by atoms with Gasteiger partial charge in [-0.2, -0.15) is 0 Å². The number of rotatable bonds is 4. The molecule has 2 fully saturated rings. The number of methoxy groups -OCH3 is 1. The van der Waals surface area contributed by atoms with Crippen molar-refractivity contribution in [1.82, 2.24) is 4.90 Å². The lowest BCUT2D eigenvalue weighted by Gasteiger charge is -2.19. The predicted octanol–water partition coefficient (Wildman–Crippen LogP) is 1.53. The first-order valence-electron chi connectivity index (χ1n) is 7.45. The van der Waals surface area contributed by atoms with Crippen molar-refractivity contribution in [3.63, 3.8) is 0 Å². The van der Waals surface area contributed by atoms with Gasteiger partial charge in [0.05, 0.1) is 18.8 Å². The van der Waals surface area contributed by atoms with Crippen LogP contribution in [0.5, 0.6) is 5.75 Å². The molecule has 2 aliphatic rings. The highest BCUT2D eigenvalue weighted by Gasteiger charge is 2.41. The molecule has 3 rings (SSSR count). The standard InChI is InChI=1S/C16H22N2O2S/c1-20-15-5-2-10(6-12(15)16(17)21)7-18-8-11-3-4-14(19)13(11)9-18/h2,5-6,11,13-14,19H,3-4,7-9H2,1H3,(H2,17,21). The van der Waals surface area contributed by atoms with E-state index in [2.05, 4.69) is 11.0 Å². The monoisotopic (exact) mass is 306 g/mol. The third-order valence-corrected chi connectivity index (χ3v) is 5.05. The van der Waals surface area contributed by atoms with Crippen LogP contribution < -0.4 is 10.5 Å². The Kier molecular flexibility index (Phi) is 4.15. The summed E-state index contributed by atoms with van der Waals surface area (Å²) < 4.78 is 5.29. The Morgan fingerprint density at radius 1 is 1.43 bits per heavy atom. The Balaban J connectivity index is 1.71. The van der Waals surface area contributed by atoms with E-state index >= 15 is 0 Å². The Bertz CT molecular complexity index is 549. The SMILES string of the molecule is COc1ccc(CN2CC3CCC(O)C3C2)cc1C(N)=S. The Morgan fingerprint density at radius 3 is 2.90 bits per heavy atom. The van der Waals surface area contributed by atoms with Crippen LogP contribution in [0.2, 0.25) is 0 Å². The largest absolute Gasteiger partial charge is 0.496 e. The van der Waals surface area contributed by atoms with E-state index in [9.17, 15) is 5.11 Å². The van der Waals surface area contributed by atoms with Gasteiger partial charge in [-0.15, -0.1) is 0 Å². The highest BCUT2D eigenvalue weighted by Crippen LogP contribution is 2.38. The number of aliphatic hydroxyl groups is 1. The minimum atomic E-state index is -0.108. The number of thiocarbonyl (C=S) groups is 1. The van der Waals surface area contributed by atoms with Gasteiger partial charge in [-0.05, 0) is 36.5 Å². The van der Waals surface area contributed by atoms with Crippen LogP contribution in [0.15, 0.2) is 18.2 Å². The van der Waals surface area contributed by atoms with E-state index in [1.165, 1.54) is 5.56 Å². The van der Waals surface area contributed by atoms with Crippen LogP contribution in [0.25, 0.3) is 0 Å². The van der Waals surface area contributed by atoms with Crippen molar-refractivity contribution in [3.8, 4) is 5.75 Å². The number of aliphatic hydroxyl groups excluding tert-OH is 1. The number of benzene rings is 1. The number of nitrogens with zero attached hydrogens (tertiary/aromatic N) is 1. The van der Waals surface area contributed by atoms with Crippen molar-refractivity contribution < 1.29 is 9.84 Å². The van der Waals surface area contributed by atoms with Gasteiger partial charge in [0.2, 0.25) is 0 Å². The second kappa shape index (κ2) is 5.91. The lowest BCUT2D eigenvalue weighted by molar-refractivity contribution is 0.123. The number of likely N-dealkylation sites (tertiary alicyclic amines) is 1. The molecule has 1 saturated carbocycles. The molecule has 0 spiro atoms. The van der Waals surface area contributed by atoms with Crippen LogP contribution in [0.4, 0.5) is 0 Å². The molecule has 3 N–H and O–H groups in total. The molecule has 1 aliphatic heterocycles. The number of hydrogen-bond acceptors (Lipinski definition) is 4. The van der Waals surface area contributed by atoms with Crippen molar-refractivity contribution >= 4 is 17.2 Å². The van der Waals surface area contributed by atoms with Crippen molar-refractivity contribution in [3.05, 3.63) is 29.3 Å². The maximum absolute atomic E-state index is 9.99. The van der Waals surface area contributed by atoms with Gasteiger partial charge in [0, 0.05) is 25.6 Å². The zero-order chi connectivity index (χ0) is 15.0. The van der Waals surface area contributed by atoms with Crippen LogP contribution in [0.1, 0.15) is 24.0 Å². The molecule has 1 aliphatic carbocycles. The van der Waals surface area contributed by atoms with Crippen LogP contribution >= 0.6 is 12.2 Å². The summed E-state index contributed by atoms with van der Waals surface area (Å²) in [6.45, 7) is 2.94. The maximum Gasteiger partial charge on any atom is 0.129 e. The summed E-state index contributed by atoms with van der Waals surface area (Å²) in [5.41, 5.74) is 7.75. The van der Waals surface area contributed by atoms with Gasteiger partial charge in [-0.25, -0.2) is 0 Å². The van der Waals surface area contributed by atoms with Gasteiger partial charge in [-0.3, -0.25) is 4.90 Å². The number of nitrogens with two attached hydrogens (primary N) is 1. The molecule has 1 aromatic carbocycles. The molecule has 5 heteroatoms. The average molecular weight is 306 g/mol. The molecule has 0 radical (unpaired) electrons. The lowest BCUT2D eigenvalue weighted by atomic mass is 10.00. The fourth-order valence-corrected chi connectivity index (χ4v) is 3.92. The molecule has 0 bridgehead atoms. The molecular formula is C16H22N2O2S. The van der Waals surface area contributed by atoms with Crippen LogP contribution in [-0.4, -0.2) is 41.3 Å². The first-order valence-corrected chi connectivity index (χ1v) is 7.86. The molecule has 114 valence electrons. The summed E-state index contributed by atoms with van der Waals surface area (Å²) in [5, 5.41) is 9.99. The average Bonchev–Trinajstić information content (AvgIpc) is 3.01. The van der Waals surface area contributed by atoms with E-state index in [-0.39, 0.29) is 6.10 Å². The minimum absolute atomic E-state index is 0.108. The summed E-state index contributed by atoms with van der Waals surface area (Å²) in [4.78, 5) is 2.78. The highest BCUT2D eigenvalue weighted by atomic mass is 32.1. The van der Waals surface area contributed by atoms with Crippen molar-refractivity contribution in [1.29, 1.82) is 0 Å². The first kappa shape index (κ1) is 14.8. The summed E-state index contributed by atoms with van der Waals surface area (Å²) in [5.74, 6) is 1.84. The third kappa shape index (κ3) is 2.91. The van der Waals surface area contributed by atoms with Gasteiger partial charge < -0.3 is 15.6 Å². The molecular weight excluding hydrogens is 284 g/mol. The number of ether oxygens (including phenoxy) is 1. The zero-order valence-electron chi connectivity index (χ0n) is 12.3. The van der Waals surface area contributed by atoms with E-state index in [1.54, 1.807) is 7.11 Å². The van der Waals surface area contributed by atoms with Gasteiger partial charge >= 0.3 is 0 Å². The van der Waals surface area contributed by atoms with Crippen molar-refractivity contribution in [2.75, 3.05) is 20.2 Å². The Morgan fingerprint density at radius 2 is 2.24 bits per heavy atom. The van der Waals surface area contributed by atoms with Gasteiger partial charge in [0.1, 0.15) is 10.7 Å². The van der Waals surface area contributed by atoms with Crippen LogP contribution in [0, 0.1) is 11.8 Å². The van der Waals surface area contributed by atoms with Gasteiger partial charge in [0.15, 0.2) is 0 Å². The highest BCUT2D eigenvalue weighted by molar-refractivity contribution is 7.80. The molecule has 0 amide bonds. The number of hydrogen-bond donors (Lipinski definition) is 2. The summed E-state index contributed by atoms with van der Waals surface area (Å²) >= 11 is 5.09. The molecule has 1 aromatic rings. The van der Waals surface area contributed by atoms with E-state index in [0.717, 1.165) is 43.8 Å². The van der Waals surface area contributed by atoms with Crippen LogP contribution in [0.3, 0.4) is 0 Å². The van der Waals surface area contributed by atoms with E-state index < -0.39 is 0 Å². The maximum atomic E-state index is 9.99. The molecule has 3 unspecified atom stereocenters. The van der Waals surface area contributed by atoms with E-state index in [4.69, 9.17) is 22.7 Å². The lowest BCUT2D eigenvalue weighted by Crippen LogP contribution is -2.24. The zero-order valence-corrected chi connectivity index (χ0v) is 13.1. The van der Waals surface area contributed by atoms with Gasteiger partial charge in [0.25, 0.3) is 0 Å². The minimum Gasteiger partial charge on any atom is -0.496 e. The fraction of sp³-hybridized carbons (Fsp3) is 0.562. The first-order chi connectivity index (χ1) is 10.1. The van der Waals surface area contributed by atoms with Crippen molar-refractivity contribution in [2.45, 2.75) is 25.5 Å². The molecule has 3 atom stereocenters. The second-order valence-electron chi connectivity index (χ2n) is 6.16. The molecule has 4 nitrogen and oxygen atoms in total. The van der Waals surface area contributed by atoms with Crippen molar-refractivity contribution in [2.24, 2.45) is 17.6 Å². The summed E-state index contributed by atoms with van der Waals surface area (Å²) in [6, 6.07) is 6.01. The van der Waals surface area contributed by atoms with Crippen LogP contribution in [-0.2, 0) is 6.54 Å². The third-order valence-electron chi connectivity index (χ3n) is 4.83. The second-order valence-corrected chi connectivity index (χ2v) is 6.60. The molecule has 21 heavy (non-hydrogen) atoms.